The molecule has 1 N–H and O–H groups in total. The zero-order chi connectivity index (χ0) is 17.5. The monoisotopic (exact) mass is 345 g/mol. The van der Waals surface area contributed by atoms with E-state index in [-0.39, 0.29) is 5.91 Å². The van der Waals surface area contributed by atoms with Gasteiger partial charge in [0.2, 0.25) is 5.91 Å². The van der Waals surface area contributed by atoms with Crippen molar-refractivity contribution in [1.29, 1.82) is 0 Å². The van der Waals surface area contributed by atoms with E-state index < -0.39 is 0 Å². The normalized spacial score (nSPS) is 10.3. The van der Waals surface area contributed by atoms with E-state index in [1.54, 1.807) is 32.0 Å². The summed E-state index contributed by atoms with van der Waals surface area (Å²) >= 11 is 1.60. The summed E-state index contributed by atoms with van der Waals surface area (Å²) < 4.78 is 10.5. The first-order valence-corrected chi connectivity index (χ1v) is 8.84. The van der Waals surface area contributed by atoms with Crippen LogP contribution in [-0.4, -0.2) is 25.9 Å². The Morgan fingerprint density at radius 1 is 1.04 bits per heavy atom. The van der Waals surface area contributed by atoms with Gasteiger partial charge < -0.3 is 14.8 Å². The molecule has 0 heterocycles. The molecular weight excluding hydrogens is 322 g/mol. The van der Waals surface area contributed by atoms with Crippen LogP contribution in [0.3, 0.4) is 0 Å². The Bertz CT molecular complexity index is 699. The number of nitrogens with one attached hydrogen (secondary N) is 1. The van der Waals surface area contributed by atoms with Crippen LogP contribution in [0.2, 0.25) is 0 Å². The van der Waals surface area contributed by atoms with Crippen LogP contribution >= 0.6 is 11.8 Å². The Hall–Kier alpha value is -2.14. The molecule has 0 radical (unpaired) electrons. The van der Waals surface area contributed by atoms with Gasteiger partial charge in [0.15, 0.2) is 11.5 Å². The summed E-state index contributed by atoms with van der Waals surface area (Å²) in [6.07, 6.45) is 0. The third-order valence-corrected chi connectivity index (χ3v) is 4.63. The molecule has 4 nitrogen and oxygen atoms in total. The quantitative estimate of drug-likeness (QED) is 0.817. The highest BCUT2D eigenvalue weighted by Gasteiger charge is 2.11. The maximum atomic E-state index is 12.2. The van der Waals surface area contributed by atoms with Crippen LogP contribution in [0.1, 0.15) is 16.7 Å². The van der Waals surface area contributed by atoms with Crippen LogP contribution in [0.4, 0.5) is 5.69 Å². The molecule has 128 valence electrons. The fourth-order valence-electron chi connectivity index (χ4n) is 2.25. The first kappa shape index (κ1) is 18.2. The topological polar surface area (TPSA) is 47.6 Å². The molecule has 0 aliphatic heterocycles. The molecule has 0 unspecified atom stereocenters. The third kappa shape index (κ3) is 4.93. The highest BCUT2D eigenvalue weighted by molar-refractivity contribution is 7.99. The average molecular weight is 345 g/mol. The minimum atomic E-state index is -0.0255. The van der Waals surface area contributed by atoms with Crippen molar-refractivity contribution >= 4 is 23.4 Å². The van der Waals surface area contributed by atoms with Crippen molar-refractivity contribution in [2.24, 2.45) is 0 Å². The van der Waals surface area contributed by atoms with E-state index >= 15 is 0 Å². The maximum Gasteiger partial charge on any atom is 0.234 e. The molecule has 24 heavy (non-hydrogen) atoms. The lowest BCUT2D eigenvalue weighted by atomic mass is 10.1. The summed E-state index contributed by atoms with van der Waals surface area (Å²) in [6.45, 7) is 3.99. The standard InChI is InChI=1S/C19H23NO3S/c1-13-5-7-15(8-6-13)11-24-12-19(21)20-16-10-18(23-4)17(22-3)9-14(16)2/h5-10H,11-12H2,1-4H3,(H,20,21). The fraction of sp³-hybridized carbons (Fsp3) is 0.316. The average Bonchev–Trinajstić information content (AvgIpc) is 2.58. The number of carbonyl (C=O) groups excluding carboxylic acids is 1. The lowest BCUT2D eigenvalue weighted by Crippen LogP contribution is -2.15. The van der Waals surface area contributed by atoms with E-state index in [9.17, 15) is 4.79 Å². The van der Waals surface area contributed by atoms with Crippen LogP contribution < -0.4 is 14.8 Å². The van der Waals surface area contributed by atoms with Gasteiger partial charge in [-0.2, -0.15) is 0 Å². The van der Waals surface area contributed by atoms with E-state index in [0.717, 1.165) is 17.0 Å². The van der Waals surface area contributed by atoms with Gasteiger partial charge in [0.05, 0.1) is 20.0 Å². The highest BCUT2D eigenvalue weighted by Crippen LogP contribution is 2.32. The van der Waals surface area contributed by atoms with Gasteiger partial charge in [0.25, 0.3) is 0 Å². The molecule has 0 aromatic heterocycles. The number of hydrogen-bond donors (Lipinski definition) is 1. The van der Waals surface area contributed by atoms with Gasteiger partial charge in [-0.05, 0) is 31.0 Å². The number of rotatable bonds is 7. The van der Waals surface area contributed by atoms with Crippen LogP contribution in [0.15, 0.2) is 36.4 Å². The number of benzene rings is 2. The minimum Gasteiger partial charge on any atom is -0.493 e. The smallest absolute Gasteiger partial charge is 0.234 e. The predicted molar refractivity (Wildman–Crippen MR) is 100 cm³/mol. The van der Waals surface area contributed by atoms with Gasteiger partial charge in [0, 0.05) is 17.5 Å². The molecule has 2 rings (SSSR count). The molecule has 0 atom stereocenters. The summed E-state index contributed by atoms with van der Waals surface area (Å²) in [5.74, 6) is 2.45. The second-order valence-electron chi connectivity index (χ2n) is 5.55. The molecular formula is C19H23NO3S. The minimum absolute atomic E-state index is 0.0255. The number of ether oxygens (including phenoxy) is 2. The first-order chi connectivity index (χ1) is 11.5. The van der Waals surface area contributed by atoms with Crippen molar-refractivity contribution in [3.05, 3.63) is 53.1 Å². The van der Waals surface area contributed by atoms with E-state index in [1.165, 1.54) is 11.1 Å². The summed E-state index contributed by atoms with van der Waals surface area (Å²) in [7, 11) is 3.17. The van der Waals surface area contributed by atoms with E-state index in [2.05, 4.69) is 36.5 Å². The van der Waals surface area contributed by atoms with Crippen molar-refractivity contribution in [3.63, 3.8) is 0 Å². The summed E-state index contributed by atoms with van der Waals surface area (Å²) in [4.78, 5) is 12.2. The molecule has 5 heteroatoms. The van der Waals surface area contributed by atoms with Crippen LogP contribution in [0.25, 0.3) is 0 Å². The van der Waals surface area contributed by atoms with E-state index in [4.69, 9.17) is 9.47 Å². The summed E-state index contributed by atoms with van der Waals surface area (Å²) in [5, 5.41) is 2.94. The number of methoxy groups -OCH3 is 2. The SMILES string of the molecule is COc1cc(C)c(NC(=O)CSCc2ccc(C)cc2)cc1OC. The van der Waals surface area contributed by atoms with Gasteiger partial charge >= 0.3 is 0 Å². The van der Waals surface area contributed by atoms with E-state index in [0.29, 0.717) is 17.3 Å². The molecule has 0 aliphatic carbocycles. The zero-order valence-electron chi connectivity index (χ0n) is 14.5. The molecule has 0 saturated heterocycles. The van der Waals surface area contributed by atoms with Crippen molar-refractivity contribution in [1.82, 2.24) is 0 Å². The van der Waals surface area contributed by atoms with Crippen molar-refractivity contribution < 1.29 is 14.3 Å². The Morgan fingerprint density at radius 2 is 1.67 bits per heavy atom. The van der Waals surface area contributed by atoms with Gasteiger partial charge in [0.1, 0.15) is 0 Å². The second-order valence-corrected chi connectivity index (χ2v) is 6.53. The molecule has 1 amide bonds. The molecule has 0 saturated carbocycles. The highest BCUT2D eigenvalue weighted by atomic mass is 32.2. The molecule has 2 aromatic carbocycles. The van der Waals surface area contributed by atoms with Crippen LogP contribution in [0, 0.1) is 13.8 Å². The summed E-state index contributed by atoms with van der Waals surface area (Å²) in [5.41, 5.74) is 4.14. The number of hydrogen-bond acceptors (Lipinski definition) is 4. The number of aryl methyl sites for hydroxylation is 2. The zero-order valence-corrected chi connectivity index (χ0v) is 15.3. The number of anilines is 1. The second kappa shape index (κ2) is 8.64. The maximum absolute atomic E-state index is 12.2. The number of thioether (sulfide) groups is 1. The Balaban J connectivity index is 1.91. The van der Waals surface area contributed by atoms with Gasteiger partial charge in [-0.3, -0.25) is 4.79 Å². The van der Waals surface area contributed by atoms with E-state index in [1.807, 2.05) is 13.0 Å². The largest absolute Gasteiger partial charge is 0.493 e. The molecule has 0 fully saturated rings. The third-order valence-electron chi connectivity index (χ3n) is 3.63. The van der Waals surface area contributed by atoms with Crippen molar-refractivity contribution in [2.45, 2.75) is 19.6 Å². The molecule has 2 aromatic rings. The van der Waals surface area contributed by atoms with Crippen LogP contribution in [0.5, 0.6) is 11.5 Å². The van der Waals surface area contributed by atoms with Crippen LogP contribution in [-0.2, 0) is 10.5 Å². The molecule has 0 spiro atoms. The summed E-state index contributed by atoms with van der Waals surface area (Å²) in [6, 6.07) is 12.0. The Labute approximate surface area is 147 Å². The lowest BCUT2D eigenvalue weighted by Gasteiger charge is -2.13. The van der Waals surface area contributed by atoms with Crippen molar-refractivity contribution in [2.75, 3.05) is 25.3 Å². The fourth-order valence-corrected chi connectivity index (χ4v) is 3.04. The first-order valence-electron chi connectivity index (χ1n) is 7.69. The molecule has 0 aliphatic rings. The predicted octanol–water partition coefficient (Wildman–Crippen LogP) is 4.19. The number of carbonyl (C=O) groups is 1. The van der Waals surface area contributed by atoms with Gasteiger partial charge in [-0.25, -0.2) is 0 Å². The molecule has 0 bridgehead atoms. The van der Waals surface area contributed by atoms with Crippen molar-refractivity contribution in [3.8, 4) is 11.5 Å². The lowest BCUT2D eigenvalue weighted by molar-refractivity contribution is -0.113. The van der Waals surface area contributed by atoms with Gasteiger partial charge in [-0.1, -0.05) is 29.8 Å². The Morgan fingerprint density at radius 3 is 2.29 bits per heavy atom. The van der Waals surface area contributed by atoms with Gasteiger partial charge in [-0.15, -0.1) is 11.8 Å². The number of amides is 1. The Kier molecular flexibility index (Phi) is 6.55.